The van der Waals surface area contributed by atoms with Gasteiger partial charge in [0.2, 0.25) is 0 Å². The molecule has 0 radical (unpaired) electrons. The summed E-state index contributed by atoms with van der Waals surface area (Å²) in [4.78, 5) is 38.3. The van der Waals surface area contributed by atoms with Gasteiger partial charge in [-0.1, -0.05) is 262 Å². The molecule has 0 saturated carbocycles. The third kappa shape index (κ3) is 65.7. The lowest BCUT2D eigenvalue weighted by Gasteiger charge is -2.18. The van der Waals surface area contributed by atoms with E-state index in [-0.39, 0.29) is 31.1 Å². The zero-order valence-corrected chi connectivity index (χ0v) is 52.2. The molecule has 0 saturated heterocycles. The number of hydrogen-bond acceptors (Lipinski definition) is 6. The Hall–Kier alpha value is -4.97. The molecule has 0 fully saturated rings. The van der Waals surface area contributed by atoms with Crippen molar-refractivity contribution >= 4 is 17.9 Å². The largest absolute Gasteiger partial charge is 0.462 e. The van der Waals surface area contributed by atoms with Crippen molar-refractivity contribution in [2.24, 2.45) is 0 Å². The van der Waals surface area contributed by atoms with E-state index in [1.165, 1.54) is 51.4 Å². The van der Waals surface area contributed by atoms with Gasteiger partial charge in [-0.05, 0) is 154 Å². The van der Waals surface area contributed by atoms with E-state index in [1.54, 1.807) is 0 Å². The Bertz CT molecular complexity index is 1810. The van der Waals surface area contributed by atoms with Crippen LogP contribution in [0.25, 0.3) is 0 Å². The average Bonchev–Trinajstić information content (AvgIpc) is 3.47. The predicted molar refractivity (Wildman–Crippen MR) is 352 cm³/mol. The highest BCUT2D eigenvalue weighted by Gasteiger charge is 2.19. The number of carbonyl (C=O) groups excluding carboxylic acids is 3. The minimum Gasteiger partial charge on any atom is -0.462 e. The van der Waals surface area contributed by atoms with Crippen LogP contribution in [0.2, 0.25) is 0 Å². The smallest absolute Gasteiger partial charge is 0.306 e. The zero-order valence-electron chi connectivity index (χ0n) is 52.2. The van der Waals surface area contributed by atoms with Crippen molar-refractivity contribution < 1.29 is 28.6 Å². The number of hydrogen-bond donors (Lipinski definition) is 0. The predicted octanol–water partition coefficient (Wildman–Crippen LogP) is 22.9. The van der Waals surface area contributed by atoms with E-state index >= 15 is 0 Å². The Morgan fingerprint density at radius 2 is 0.481 bits per heavy atom. The minimum absolute atomic E-state index is 0.103. The molecule has 0 spiro atoms. The third-order valence-electron chi connectivity index (χ3n) is 13.5. The van der Waals surface area contributed by atoms with Crippen LogP contribution in [-0.2, 0) is 28.6 Å². The highest BCUT2D eigenvalue weighted by atomic mass is 16.6. The fourth-order valence-corrected chi connectivity index (χ4v) is 8.55. The summed E-state index contributed by atoms with van der Waals surface area (Å²) in [5, 5.41) is 0. The van der Waals surface area contributed by atoms with Crippen LogP contribution in [0.5, 0.6) is 0 Å². The van der Waals surface area contributed by atoms with E-state index in [4.69, 9.17) is 14.2 Å². The Balaban J connectivity index is 4.38. The minimum atomic E-state index is -0.807. The van der Waals surface area contributed by atoms with E-state index in [0.717, 1.165) is 186 Å². The molecule has 81 heavy (non-hydrogen) atoms. The third-order valence-corrected chi connectivity index (χ3v) is 13.5. The number of allylic oxidation sites excluding steroid dienone is 26. The SMILES string of the molecule is CC/C=C\C/C=C\C/C=C\C/C=C\C/C=C\C/C=C\C/C=C\C/C=C\C/C=C\CCCCCCCC(=O)OCC(COC(=O)CCCCCCC/C=C\C/C=C\CCCCC)OC(=O)CCCCCCC/C=C\C/C=C\CCCCC. The van der Waals surface area contributed by atoms with Crippen molar-refractivity contribution in [3.8, 4) is 0 Å². The molecule has 0 bridgehead atoms. The lowest BCUT2D eigenvalue weighted by molar-refractivity contribution is -0.167. The molecule has 6 heteroatoms. The molecule has 1 atom stereocenters. The van der Waals surface area contributed by atoms with Gasteiger partial charge in [0.05, 0.1) is 0 Å². The van der Waals surface area contributed by atoms with Gasteiger partial charge in [-0.15, -0.1) is 0 Å². The second kappa shape index (κ2) is 67.5. The quantitative estimate of drug-likeness (QED) is 0.0261. The van der Waals surface area contributed by atoms with Crippen LogP contribution in [0, 0.1) is 0 Å². The van der Waals surface area contributed by atoms with Crippen molar-refractivity contribution in [1.29, 1.82) is 0 Å². The Morgan fingerprint density at radius 3 is 0.753 bits per heavy atom. The first kappa shape index (κ1) is 76.0. The highest BCUT2D eigenvalue weighted by molar-refractivity contribution is 5.71. The standard InChI is InChI=1S/C75H120O6/c1-4-7-10-13-16-19-22-25-28-29-30-31-32-33-34-35-36-37-38-39-40-41-42-43-44-45-48-50-53-56-59-62-65-68-74(77)80-71-72(81-75(78)69-66-63-60-57-54-51-47-27-24-21-18-15-12-9-6-3)70-79-73(76)67-64-61-58-55-52-49-46-26-23-20-17-14-11-8-5-2/h7,10,16-21,25-28,30-31,33-34,36-37,39-40,42-43,45-48,72H,4-6,8-9,11-15,22-24,29,32,35,38,41,44,49-71H2,1-3H3/b10-7-,19-16-,20-17-,21-18-,28-25-,31-30-,34-33-,37-36-,40-39-,43-42-,46-26-,47-27-,48-45-. The van der Waals surface area contributed by atoms with Crippen molar-refractivity contribution in [2.75, 3.05) is 13.2 Å². The Morgan fingerprint density at radius 1 is 0.259 bits per heavy atom. The summed E-state index contributed by atoms with van der Waals surface area (Å²) >= 11 is 0. The summed E-state index contributed by atoms with van der Waals surface area (Å²) in [5.41, 5.74) is 0. The van der Waals surface area contributed by atoms with Crippen LogP contribution in [-0.4, -0.2) is 37.2 Å². The summed E-state index contributed by atoms with van der Waals surface area (Å²) < 4.78 is 16.9. The van der Waals surface area contributed by atoms with E-state index < -0.39 is 6.10 Å². The fourth-order valence-electron chi connectivity index (χ4n) is 8.55. The van der Waals surface area contributed by atoms with Gasteiger partial charge < -0.3 is 14.2 Å². The van der Waals surface area contributed by atoms with E-state index in [1.807, 2.05) is 0 Å². The highest BCUT2D eigenvalue weighted by Crippen LogP contribution is 2.14. The summed E-state index contributed by atoms with van der Waals surface area (Å²) in [7, 11) is 0. The molecule has 6 nitrogen and oxygen atoms in total. The van der Waals surface area contributed by atoms with Gasteiger partial charge in [-0.25, -0.2) is 0 Å². The lowest BCUT2D eigenvalue weighted by Crippen LogP contribution is -2.30. The molecule has 0 heterocycles. The molecular formula is C75H120O6. The second-order valence-electron chi connectivity index (χ2n) is 21.3. The molecule has 0 aliphatic heterocycles. The first-order chi connectivity index (χ1) is 40.0. The van der Waals surface area contributed by atoms with Gasteiger partial charge in [0.15, 0.2) is 6.10 Å². The average molecular weight is 1120 g/mol. The first-order valence-electron chi connectivity index (χ1n) is 33.0. The summed E-state index contributed by atoms with van der Waals surface area (Å²) in [6.07, 6.45) is 98.2. The van der Waals surface area contributed by atoms with Crippen LogP contribution >= 0.6 is 0 Å². The molecule has 0 amide bonds. The van der Waals surface area contributed by atoms with Crippen LogP contribution in [0.3, 0.4) is 0 Å². The number of esters is 3. The molecule has 0 rings (SSSR count). The molecule has 0 N–H and O–H groups in total. The van der Waals surface area contributed by atoms with Gasteiger partial charge in [-0.3, -0.25) is 14.4 Å². The van der Waals surface area contributed by atoms with E-state index in [9.17, 15) is 14.4 Å². The van der Waals surface area contributed by atoms with Crippen molar-refractivity contribution in [3.05, 3.63) is 158 Å². The zero-order chi connectivity index (χ0) is 58.5. The Kier molecular flexibility index (Phi) is 63.4. The maximum Gasteiger partial charge on any atom is 0.306 e. The number of ether oxygens (including phenoxy) is 3. The van der Waals surface area contributed by atoms with Crippen LogP contribution in [0.1, 0.15) is 278 Å². The lowest BCUT2D eigenvalue weighted by atomic mass is 10.1. The molecule has 1 unspecified atom stereocenters. The fraction of sp³-hybridized carbons (Fsp3) is 0.613. The van der Waals surface area contributed by atoms with Crippen LogP contribution in [0.15, 0.2) is 158 Å². The molecule has 0 aromatic carbocycles. The van der Waals surface area contributed by atoms with Gasteiger partial charge in [0, 0.05) is 19.3 Å². The summed E-state index contributed by atoms with van der Waals surface area (Å²) in [5.74, 6) is -0.951. The second-order valence-corrected chi connectivity index (χ2v) is 21.3. The molecule has 0 aliphatic rings. The normalized spacial score (nSPS) is 13.2. The maximum absolute atomic E-state index is 12.9. The van der Waals surface area contributed by atoms with E-state index in [0.29, 0.717) is 19.3 Å². The van der Waals surface area contributed by atoms with Gasteiger partial charge in [0.1, 0.15) is 13.2 Å². The van der Waals surface area contributed by atoms with Crippen molar-refractivity contribution in [2.45, 2.75) is 284 Å². The number of carbonyl (C=O) groups is 3. The van der Waals surface area contributed by atoms with Crippen LogP contribution in [0.4, 0.5) is 0 Å². The maximum atomic E-state index is 12.9. The number of rotatable bonds is 58. The van der Waals surface area contributed by atoms with Crippen LogP contribution < -0.4 is 0 Å². The summed E-state index contributed by atoms with van der Waals surface area (Å²) in [6.45, 7) is 6.43. The molecule has 0 aromatic heterocycles. The first-order valence-corrected chi connectivity index (χ1v) is 33.0. The topological polar surface area (TPSA) is 78.9 Å². The van der Waals surface area contributed by atoms with E-state index in [2.05, 4.69) is 179 Å². The van der Waals surface area contributed by atoms with Gasteiger partial charge in [-0.2, -0.15) is 0 Å². The van der Waals surface area contributed by atoms with Gasteiger partial charge >= 0.3 is 17.9 Å². The van der Waals surface area contributed by atoms with Crippen molar-refractivity contribution in [1.82, 2.24) is 0 Å². The molecule has 0 aromatic rings. The summed E-state index contributed by atoms with van der Waals surface area (Å²) in [6, 6.07) is 0. The monoisotopic (exact) mass is 1120 g/mol. The molecule has 456 valence electrons. The molecular weight excluding hydrogens is 997 g/mol. The Labute approximate surface area is 499 Å². The van der Waals surface area contributed by atoms with Crippen molar-refractivity contribution in [3.63, 3.8) is 0 Å². The van der Waals surface area contributed by atoms with Gasteiger partial charge in [0.25, 0.3) is 0 Å². The number of unbranched alkanes of at least 4 members (excludes halogenated alkanes) is 21. The molecule has 0 aliphatic carbocycles.